The molecular weight excluding hydrogens is 122 g/mol. The third kappa shape index (κ3) is 1.98. The van der Waals surface area contributed by atoms with Gasteiger partial charge in [0.2, 0.25) is 0 Å². The standard InChI is InChI=1S/C9H21N/c1-6-8(3)9(4,7-2)10-5/h8,10H,6-7H2,1-5H3/t8-,9-/m0/s1. The van der Waals surface area contributed by atoms with Crippen molar-refractivity contribution in [2.45, 2.75) is 46.1 Å². The summed E-state index contributed by atoms with van der Waals surface area (Å²) in [5.41, 5.74) is 0.342. The molecule has 0 aromatic rings. The zero-order valence-electron chi connectivity index (χ0n) is 7.99. The van der Waals surface area contributed by atoms with Gasteiger partial charge >= 0.3 is 0 Å². The van der Waals surface area contributed by atoms with Crippen molar-refractivity contribution in [3.8, 4) is 0 Å². The lowest BCUT2D eigenvalue weighted by molar-refractivity contribution is 0.247. The van der Waals surface area contributed by atoms with E-state index in [0.29, 0.717) is 5.54 Å². The van der Waals surface area contributed by atoms with Gasteiger partial charge in [-0.1, -0.05) is 27.2 Å². The Kier molecular flexibility index (Phi) is 3.95. The maximum absolute atomic E-state index is 3.38. The zero-order chi connectivity index (χ0) is 8.20. The first-order valence-electron chi connectivity index (χ1n) is 4.29. The van der Waals surface area contributed by atoms with Gasteiger partial charge in [-0.25, -0.2) is 0 Å². The minimum Gasteiger partial charge on any atom is -0.314 e. The summed E-state index contributed by atoms with van der Waals surface area (Å²) in [6, 6.07) is 0. The van der Waals surface area contributed by atoms with Crippen molar-refractivity contribution < 1.29 is 0 Å². The Morgan fingerprint density at radius 2 is 1.90 bits per heavy atom. The third-order valence-corrected chi connectivity index (χ3v) is 3.01. The van der Waals surface area contributed by atoms with Gasteiger partial charge < -0.3 is 5.32 Å². The molecule has 0 aromatic carbocycles. The average molecular weight is 143 g/mol. The van der Waals surface area contributed by atoms with E-state index < -0.39 is 0 Å². The molecule has 0 spiro atoms. The molecule has 1 heteroatoms. The molecule has 0 aliphatic heterocycles. The summed E-state index contributed by atoms with van der Waals surface area (Å²) in [5.74, 6) is 0.766. The second-order valence-electron chi connectivity index (χ2n) is 3.33. The van der Waals surface area contributed by atoms with Gasteiger partial charge in [0.05, 0.1) is 0 Å². The molecule has 0 rings (SSSR count). The van der Waals surface area contributed by atoms with E-state index in [9.17, 15) is 0 Å². The smallest absolute Gasteiger partial charge is 0.0173 e. The Bertz CT molecular complexity index is 84.7. The lowest BCUT2D eigenvalue weighted by Gasteiger charge is -2.34. The van der Waals surface area contributed by atoms with Gasteiger partial charge in [0, 0.05) is 5.54 Å². The molecule has 2 atom stereocenters. The van der Waals surface area contributed by atoms with Gasteiger partial charge in [-0.3, -0.25) is 0 Å². The first-order chi connectivity index (χ1) is 4.60. The molecule has 0 saturated heterocycles. The predicted molar refractivity (Wildman–Crippen MR) is 47.2 cm³/mol. The van der Waals surface area contributed by atoms with E-state index in [4.69, 9.17) is 0 Å². The van der Waals surface area contributed by atoms with Crippen LogP contribution in [0.1, 0.15) is 40.5 Å². The fraction of sp³-hybridized carbons (Fsp3) is 1.00. The predicted octanol–water partition coefficient (Wildman–Crippen LogP) is 2.42. The van der Waals surface area contributed by atoms with Crippen LogP contribution >= 0.6 is 0 Å². The van der Waals surface area contributed by atoms with Crippen LogP contribution in [0, 0.1) is 5.92 Å². The van der Waals surface area contributed by atoms with Gasteiger partial charge in [0.1, 0.15) is 0 Å². The Labute approximate surface area is 65.2 Å². The molecule has 1 nitrogen and oxygen atoms in total. The minimum atomic E-state index is 0.342. The normalized spacial score (nSPS) is 20.1. The molecule has 0 unspecified atom stereocenters. The van der Waals surface area contributed by atoms with Crippen molar-refractivity contribution in [2.24, 2.45) is 5.92 Å². The van der Waals surface area contributed by atoms with Crippen LogP contribution in [0.25, 0.3) is 0 Å². The summed E-state index contributed by atoms with van der Waals surface area (Å²) in [5, 5.41) is 3.38. The van der Waals surface area contributed by atoms with Crippen LogP contribution in [0.4, 0.5) is 0 Å². The van der Waals surface area contributed by atoms with Crippen LogP contribution in [0.15, 0.2) is 0 Å². The second kappa shape index (κ2) is 3.97. The van der Waals surface area contributed by atoms with E-state index in [-0.39, 0.29) is 0 Å². The third-order valence-electron chi connectivity index (χ3n) is 3.01. The van der Waals surface area contributed by atoms with Gasteiger partial charge in [-0.2, -0.15) is 0 Å². The van der Waals surface area contributed by atoms with E-state index in [1.807, 2.05) is 0 Å². The van der Waals surface area contributed by atoms with Crippen molar-refractivity contribution in [3.05, 3.63) is 0 Å². The van der Waals surface area contributed by atoms with Crippen LogP contribution in [0.3, 0.4) is 0 Å². The molecule has 0 bridgehead atoms. The largest absolute Gasteiger partial charge is 0.314 e. The van der Waals surface area contributed by atoms with Crippen LogP contribution in [-0.2, 0) is 0 Å². The van der Waals surface area contributed by atoms with Crippen molar-refractivity contribution in [2.75, 3.05) is 7.05 Å². The Hall–Kier alpha value is -0.0400. The zero-order valence-corrected chi connectivity index (χ0v) is 7.99. The SMILES string of the molecule is CC[C@H](C)[C@](C)(CC)NC. The fourth-order valence-electron chi connectivity index (χ4n) is 1.22. The maximum atomic E-state index is 3.38. The molecular formula is C9H21N. The Balaban J connectivity index is 4.02. The molecule has 0 heterocycles. The highest BCUT2D eigenvalue weighted by atomic mass is 14.9. The number of nitrogens with one attached hydrogen (secondary N) is 1. The van der Waals surface area contributed by atoms with Gasteiger partial charge in [-0.15, -0.1) is 0 Å². The highest BCUT2D eigenvalue weighted by Crippen LogP contribution is 2.22. The molecule has 1 N–H and O–H groups in total. The van der Waals surface area contributed by atoms with Crippen LogP contribution in [0.2, 0.25) is 0 Å². The van der Waals surface area contributed by atoms with Crippen molar-refractivity contribution >= 4 is 0 Å². The highest BCUT2D eigenvalue weighted by molar-refractivity contribution is 4.84. The monoisotopic (exact) mass is 143 g/mol. The van der Waals surface area contributed by atoms with Gasteiger partial charge in [0.25, 0.3) is 0 Å². The Morgan fingerprint density at radius 3 is 2.00 bits per heavy atom. The number of hydrogen-bond acceptors (Lipinski definition) is 1. The molecule has 10 heavy (non-hydrogen) atoms. The lowest BCUT2D eigenvalue weighted by Crippen LogP contribution is -2.44. The molecule has 0 fully saturated rings. The highest BCUT2D eigenvalue weighted by Gasteiger charge is 2.25. The Morgan fingerprint density at radius 1 is 1.40 bits per heavy atom. The van der Waals surface area contributed by atoms with E-state index in [1.165, 1.54) is 12.8 Å². The molecule has 0 aliphatic carbocycles. The average Bonchev–Trinajstić information content (AvgIpc) is 2.01. The van der Waals surface area contributed by atoms with E-state index >= 15 is 0 Å². The van der Waals surface area contributed by atoms with Gasteiger partial charge in [0.15, 0.2) is 0 Å². The van der Waals surface area contributed by atoms with Crippen molar-refractivity contribution in [3.63, 3.8) is 0 Å². The van der Waals surface area contributed by atoms with Crippen molar-refractivity contribution in [1.29, 1.82) is 0 Å². The van der Waals surface area contributed by atoms with Crippen LogP contribution < -0.4 is 5.32 Å². The lowest BCUT2D eigenvalue weighted by atomic mass is 9.83. The van der Waals surface area contributed by atoms with Crippen LogP contribution in [0.5, 0.6) is 0 Å². The van der Waals surface area contributed by atoms with E-state index in [0.717, 1.165) is 5.92 Å². The molecule has 0 aliphatic rings. The summed E-state index contributed by atoms with van der Waals surface area (Å²) in [6.07, 6.45) is 2.46. The summed E-state index contributed by atoms with van der Waals surface area (Å²) < 4.78 is 0. The summed E-state index contributed by atoms with van der Waals surface area (Å²) in [6.45, 7) is 9.08. The number of rotatable bonds is 4. The summed E-state index contributed by atoms with van der Waals surface area (Å²) >= 11 is 0. The molecule has 0 amide bonds. The quantitative estimate of drug-likeness (QED) is 0.637. The number of hydrogen-bond donors (Lipinski definition) is 1. The van der Waals surface area contributed by atoms with Gasteiger partial charge in [-0.05, 0) is 26.3 Å². The first-order valence-corrected chi connectivity index (χ1v) is 4.29. The van der Waals surface area contributed by atoms with Crippen LogP contribution in [-0.4, -0.2) is 12.6 Å². The van der Waals surface area contributed by atoms with E-state index in [1.54, 1.807) is 0 Å². The summed E-state index contributed by atoms with van der Waals surface area (Å²) in [7, 11) is 2.05. The molecule has 62 valence electrons. The summed E-state index contributed by atoms with van der Waals surface area (Å²) in [4.78, 5) is 0. The topological polar surface area (TPSA) is 12.0 Å². The van der Waals surface area contributed by atoms with Crippen molar-refractivity contribution in [1.82, 2.24) is 5.32 Å². The first kappa shape index (κ1) is 9.96. The fourth-order valence-corrected chi connectivity index (χ4v) is 1.22. The minimum absolute atomic E-state index is 0.342. The molecule has 0 radical (unpaired) electrons. The molecule has 0 aromatic heterocycles. The van der Waals surface area contributed by atoms with E-state index in [2.05, 4.69) is 40.1 Å². The molecule has 0 saturated carbocycles. The maximum Gasteiger partial charge on any atom is 0.0173 e. The second-order valence-corrected chi connectivity index (χ2v) is 3.33.